The second kappa shape index (κ2) is 5.76. The van der Waals surface area contributed by atoms with Crippen LogP contribution in [0.4, 0.5) is 5.69 Å². The highest BCUT2D eigenvalue weighted by Gasteiger charge is 2.12. The van der Waals surface area contributed by atoms with Crippen LogP contribution in [0.3, 0.4) is 0 Å². The maximum Gasteiger partial charge on any atom is 0.121 e. The van der Waals surface area contributed by atoms with Crippen LogP contribution in [0.5, 0.6) is 5.75 Å². The van der Waals surface area contributed by atoms with Gasteiger partial charge in [-0.2, -0.15) is 0 Å². The molecule has 0 saturated carbocycles. The Hall–Kier alpha value is -2.00. The first-order chi connectivity index (χ1) is 9.15. The molecule has 0 saturated heterocycles. The average Bonchev–Trinajstić information content (AvgIpc) is 2.42. The Morgan fingerprint density at radius 3 is 2.21 bits per heavy atom. The maximum absolute atomic E-state index is 5.73. The van der Waals surface area contributed by atoms with Crippen molar-refractivity contribution in [3.63, 3.8) is 0 Å². The number of anilines is 1. The summed E-state index contributed by atoms with van der Waals surface area (Å²) in [5.41, 5.74) is 10.1. The van der Waals surface area contributed by atoms with Crippen LogP contribution in [0.1, 0.15) is 22.7 Å². The summed E-state index contributed by atoms with van der Waals surface area (Å²) in [6.45, 7) is 2.05. The number of methoxy groups -OCH3 is 1. The van der Waals surface area contributed by atoms with Crippen LogP contribution in [-0.2, 0) is 0 Å². The molecule has 2 rings (SSSR count). The molecule has 0 fully saturated rings. The van der Waals surface area contributed by atoms with Crippen molar-refractivity contribution in [2.24, 2.45) is 0 Å². The second-order valence-corrected chi connectivity index (χ2v) is 4.62. The molecule has 0 bridgehead atoms. The molecule has 0 aliphatic rings. The number of nitrogen functional groups attached to an aromatic ring is 1. The number of aryl methyl sites for hydroxylation is 1. The average molecular weight is 256 g/mol. The van der Waals surface area contributed by atoms with Crippen molar-refractivity contribution in [1.82, 2.24) is 5.32 Å². The predicted octanol–water partition coefficient (Wildman–Crippen LogP) is 2.89. The quantitative estimate of drug-likeness (QED) is 0.827. The Morgan fingerprint density at radius 1 is 1.05 bits per heavy atom. The normalized spacial score (nSPS) is 12.2. The van der Waals surface area contributed by atoms with Gasteiger partial charge in [0.2, 0.25) is 0 Å². The SMILES string of the molecule is CNC(c1ccc(N)cc1)c1ccc(OC)c(C)c1. The molecule has 0 aliphatic heterocycles. The molecule has 100 valence electrons. The predicted molar refractivity (Wildman–Crippen MR) is 79.5 cm³/mol. The van der Waals surface area contributed by atoms with Crippen LogP contribution < -0.4 is 15.8 Å². The van der Waals surface area contributed by atoms with Gasteiger partial charge in [-0.3, -0.25) is 0 Å². The molecule has 3 nitrogen and oxygen atoms in total. The van der Waals surface area contributed by atoms with Gasteiger partial charge < -0.3 is 15.8 Å². The van der Waals surface area contributed by atoms with E-state index >= 15 is 0 Å². The van der Waals surface area contributed by atoms with E-state index in [-0.39, 0.29) is 6.04 Å². The van der Waals surface area contributed by atoms with Crippen LogP contribution in [0.15, 0.2) is 42.5 Å². The van der Waals surface area contributed by atoms with Crippen molar-refractivity contribution >= 4 is 5.69 Å². The smallest absolute Gasteiger partial charge is 0.121 e. The van der Waals surface area contributed by atoms with Crippen molar-refractivity contribution in [3.8, 4) is 5.75 Å². The zero-order valence-electron chi connectivity index (χ0n) is 11.6. The molecule has 0 aromatic heterocycles. The number of hydrogen-bond donors (Lipinski definition) is 2. The number of nitrogens with one attached hydrogen (secondary N) is 1. The number of benzene rings is 2. The van der Waals surface area contributed by atoms with E-state index in [1.165, 1.54) is 11.1 Å². The molecule has 2 aromatic carbocycles. The monoisotopic (exact) mass is 256 g/mol. The highest BCUT2D eigenvalue weighted by Crippen LogP contribution is 2.27. The fourth-order valence-electron chi connectivity index (χ4n) is 2.30. The van der Waals surface area contributed by atoms with Crippen molar-refractivity contribution in [1.29, 1.82) is 0 Å². The van der Waals surface area contributed by atoms with E-state index in [9.17, 15) is 0 Å². The van der Waals surface area contributed by atoms with Gasteiger partial charge in [0, 0.05) is 5.69 Å². The maximum atomic E-state index is 5.73. The minimum absolute atomic E-state index is 0.158. The van der Waals surface area contributed by atoms with Crippen molar-refractivity contribution < 1.29 is 4.74 Å². The lowest BCUT2D eigenvalue weighted by molar-refractivity contribution is 0.411. The molecule has 0 aliphatic carbocycles. The van der Waals surface area contributed by atoms with Crippen LogP contribution >= 0.6 is 0 Å². The molecule has 1 atom stereocenters. The summed E-state index contributed by atoms with van der Waals surface area (Å²) in [5, 5.41) is 3.34. The molecule has 0 spiro atoms. The molecule has 2 aromatic rings. The Morgan fingerprint density at radius 2 is 1.68 bits per heavy atom. The molecule has 3 N–H and O–H groups in total. The minimum atomic E-state index is 0.158. The standard InChI is InChI=1S/C16H20N2O/c1-11-10-13(6-9-15(11)19-3)16(18-2)12-4-7-14(17)8-5-12/h4-10,16,18H,17H2,1-3H3. The Kier molecular flexibility index (Phi) is 4.07. The number of nitrogens with two attached hydrogens (primary N) is 1. The molecule has 0 amide bonds. The summed E-state index contributed by atoms with van der Waals surface area (Å²) in [4.78, 5) is 0. The minimum Gasteiger partial charge on any atom is -0.496 e. The first kappa shape index (κ1) is 13.4. The number of ether oxygens (including phenoxy) is 1. The van der Waals surface area contributed by atoms with Crippen LogP contribution in [-0.4, -0.2) is 14.2 Å². The van der Waals surface area contributed by atoms with Gasteiger partial charge in [-0.05, 0) is 48.9 Å². The van der Waals surface area contributed by atoms with E-state index in [2.05, 4.69) is 36.5 Å². The van der Waals surface area contributed by atoms with Gasteiger partial charge in [0.25, 0.3) is 0 Å². The van der Waals surface area contributed by atoms with Gasteiger partial charge in [-0.25, -0.2) is 0 Å². The first-order valence-electron chi connectivity index (χ1n) is 6.33. The van der Waals surface area contributed by atoms with Crippen molar-refractivity contribution in [2.75, 3.05) is 19.9 Å². The third kappa shape index (κ3) is 2.88. The topological polar surface area (TPSA) is 47.3 Å². The molecule has 1 unspecified atom stereocenters. The van der Waals surface area contributed by atoms with Crippen LogP contribution in [0, 0.1) is 6.92 Å². The Bertz CT molecular complexity index is 549. The lowest BCUT2D eigenvalue weighted by atomic mass is 9.97. The van der Waals surface area contributed by atoms with Gasteiger partial charge in [0.1, 0.15) is 5.75 Å². The van der Waals surface area contributed by atoms with E-state index in [1.807, 2.05) is 25.2 Å². The third-order valence-electron chi connectivity index (χ3n) is 3.31. The summed E-state index contributed by atoms with van der Waals surface area (Å²) in [7, 11) is 3.65. The van der Waals surface area contributed by atoms with Gasteiger partial charge >= 0.3 is 0 Å². The largest absolute Gasteiger partial charge is 0.496 e. The molecule has 3 heteroatoms. The summed E-state index contributed by atoms with van der Waals surface area (Å²) in [5.74, 6) is 0.913. The van der Waals surface area contributed by atoms with E-state index < -0.39 is 0 Å². The molecule has 19 heavy (non-hydrogen) atoms. The fourth-order valence-corrected chi connectivity index (χ4v) is 2.30. The lowest BCUT2D eigenvalue weighted by Gasteiger charge is -2.18. The van der Waals surface area contributed by atoms with Gasteiger partial charge in [-0.15, -0.1) is 0 Å². The molecular formula is C16H20N2O. The number of hydrogen-bond acceptors (Lipinski definition) is 3. The zero-order valence-corrected chi connectivity index (χ0v) is 11.6. The summed E-state index contributed by atoms with van der Waals surface area (Å²) in [6.07, 6.45) is 0. The van der Waals surface area contributed by atoms with E-state index in [0.717, 1.165) is 17.0 Å². The molecule has 0 radical (unpaired) electrons. The molecule has 0 heterocycles. The van der Waals surface area contributed by atoms with Gasteiger partial charge in [0.05, 0.1) is 13.2 Å². The van der Waals surface area contributed by atoms with Gasteiger partial charge in [0.15, 0.2) is 0 Å². The molecular weight excluding hydrogens is 236 g/mol. The van der Waals surface area contributed by atoms with E-state index in [0.29, 0.717) is 0 Å². The van der Waals surface area contributed by atoms with Crippen LogP contribution in [0.25, 0.3) is 0 Å². The first-order valence-corrected chi connectivity index (χ1v) is 6.33. The summed E-state index contributed by atoms with van der Waals surface area (Å²) >= 11 is 0. The third-order valence-corrected chi connectivity index (χ3v) is 3.31. The Labute approximate surface area is 114 Å². The fraction of sp³-hybridized carbons (Fsp3) is 0.250. The second-order valence-electron chi connectivity index (χ2n) is 4.62. The lowest BCUT2D eigenvalue weighted by Crippen LogP contribution is -2.17. The van der Waals surface area contributed by atoms with Crippen LogP contribution in [0.2, 0.25) is 0 Å². The summed E-state index contributed by atoms with van der Waals surface area (Å²) in [6, 6.07) is 14.4. The van der Waals surface area contributed by atoms with Crippen molar-refractivity contribution in [2.45, 2.75) is 13.0 Å². The summed E-state index contributed by atoms with van der Waals surface area (Å²) < 4.78 is 5.30. The van der Waals surface area contributed by atoms with Crippen molar-refractivity contribution in [3.05, 3.63) is 59.2 Å². The van der Waals surface area contributed by atoms with Gasteiger partial charge in [-0.1, -0.05) is 24.3 Å². The number of rotatable bonds is 4. The Balaban J connectivity index is 2.36. The van der Waals surface area contributed by atoms with E-state index in [4.69, 9.17) is 10.5 Å². The highest BCUT2D eigenvalue weighted by molar-refractivity contribution is 5.44. The van der Waals surface area contributed by atoms with E-state index in [1.54, 1.807) is 7.11 Å². The highest BCUT2D eigenvalue weighted by atomic mass is 16.5. The zero-order chi connectivity index (χ0) is 13.8.